The summed E-state index contributed by atoms with van der Waals surface area (Å²) in [6, 6.07) is 5.49. The molecule has 7 nitrogen and oxygen atoms in total. The van der Waals surface area contributed by atoms with E-state index in [1.54, 1.807) is 6.07 Å². The van der Waals surface area contributed by atoms with E-state index in [1.165, 1.54) is 0 Å². The van der Waals surface area contributed by atoms with Crippen LogP contribution in [0.5, 0.6) is 0 Å². The number of fused-ring (bicyclic) bond motifs is 2. The first kappa shape index (κ1) is 20.7. The number of halogens is 1. The number of anilines is 1. The lowest BCUT2D eigenvalue weighted by molar-refractivity contribution is -0.134. The Balaban J connectivity index is 0.000000279. The number of rotatable bonds is 2. The molecule has 1 aliphatic carbocycles. The molecule has 1 unspecified atom stereocenters. The molecule has 0 spiro atoms. The fourth-order valence-corrected chi connectivity index (χ4v) is 3.30. The van der Waals surface area contributed by atoms with E-state index in [2.05, 4.69) is 18.8 Å². The van der Waals surface area contributed by atoms with Gasteiger partial charge in [0.25, 0.3) is 0 Å². The topological polar surface area (TPSA) is 134 Å². The van der Waals surface area contributed by atoms with Gasteiger partial charge in [0.05, 0.1) is 11.6 Å². The maximum absolute atomic E-state index is 10.3. The number of aromatic nitrogens is 1. The van der Waals surface area contributed by atoms with Gasteiger partial charge < -0.3 is 21.1 Å². The summed E-state index contributed by atoms with van der Waals surface area (Å²) < 4.78 is 0. The quantitative estimate of drug-likeness (QED) is 0.576. The second-order valence-electron chi connectivity index (χ2n) is 7.12. The van der Waals surface area contributed by atoms with Crippen molar-refractivity contribution in [1.82, 2.24) is 4.98 Å². The summed E-state index contributed by atoms with van der Waals surface area (Å²) in [5.41, 5.74) is 9.40. The van der Waals surface area contributed by atoms with Crippen LogP contribution in [-0.4, -0.2) is 32.2 Å². The number of hydrogen-bond acceptors (Lipinski definition) is 5. The summed E-state index contributed by atoms with van der Waals surface area (Å²) in [5.74, 6) is -2.51. The Kier molecular flexibility index (Phi) is 6.08. The highest BCUT2D eigenvalue weighted by Crippen LogP contribution is 2.44. The van der Waals surface area contributed by atoms with E-state index in [9.17, 15) is 14.7 Å². The second-order valence-corrected chi connectivity index (χ2v) is 7.55. The van der Waals surface area contributed by atoms with Gasteiger partial charge in [0, 0.05) is 39.5 Å². The molecule has 0 fully saturated rings. The Hall–Kier alpha value is -2.64. The number of benzene rings is 1. The molecular formula is C19H21ClN2O5. The fourth-order valence-electron chi connectivity index (χ4n) is 3.13. The predicted octanol–water partition coefficient (Wildman–Crippen LogP) is 3.19. The number of aliphatic hydroxyl groups excluding tert-OH is 1. The van der Waals surface area contributed by atoms with Gasteiger partial charge in [0.15, 0.2) is 0 Å². The summed E-state index contributed by atoms with van der Waals surface area (Å²) in [7, 11) is 0. The van der Waals surface area contributed by atoms with E-state index in [-0.39, 0.29) is 5.41 Å². The van der Waals surface area contributed by atoms with Crippen molar-refractivity contribution in [3.63, 3.8) is 0 Å². The van der Waals surface area contributed by atoms with E-state index in [0.717, 1.165) is 28.6 Å². The van der Waals surface area contributed by atoms with Gasteiger partial charge in [-0.3, -0.25) is 4.98 Å². The summed E-state index contributed by atoms with van der Waals surface area (Å²) in [5, 5.41) is 27.5. The largest absolute Gasteiger partial charge is 0.478 e. The van der Waals surface area contributed by atoms with E-state index in [1.807, 2.05) is 12.1 Å². The third-order valence-electron chi connectivity index (χ3n) is 4.20. The number of carboxylic acid groups (broad SMARTS) is 2. The minimum absolute atomic E-state index is 0.0398. The Morgan fingerprint density at radius 2 is 1.85 bits per heavy atom. The lowest BCUT2D eigenvalue weighted by Gasteiger charge is -2.34. The average molecular weight is 393 g/mol. The van der Waals surface area contributed by atoms with Gasteiger partial charge in [-0.25, -0.2) is 9.59 Å². The Morgan fingerprint density at radius 3 is 2.41 bits per heavy atom. The van der Waals surface area contributed by atoms with Crippen LogP contribution in [0.3, 0.4) is 0 Å². The molecule has 144 valence electrons. The summed E-state index contributed by atoms with van der Waals surface area (Å²) in [6.45, 7) is 4.28. The minimum Gasteiger partial charge on any atom is -0.478 e. The highest BCUT2D eigenvalue weighted by molar-refractivity contribution is 6.31. The van der Waals surface area contributed by atoms with Crippen molar-refractivity contribution in [1.29, 1.82) is 0 Å². The molecule has 1 heterocycles. The molecule has 5 N–H and O–H groups in total. The molecule has 3 rings (SSSR count). The summed E-state index contributed by atoms with van der Waals surface area (Å²) >= 11 is 6.01. The van der Waals surface area contributed by atoms with Crippen molar-refractivity contribution in [2.24, 2.45) is 5.41 Å². The third kappa shape index (κ3) is 5.18. The number of hydrogen-bond donors (Lipinski definition) is 4. The number of carboxylic acids is 2. The smallest absolute Gasteiger partial charge is 0.328 e. The molecule has 1 aliphatic rings. The van der Waals surface area contributed by atoms with Crippen molar-refractivity contribution < 1.29 is 24.9 Å². The van der Waals surface area contributed by atoms with Crippen molar-refractivity contribution in [2.45, 2.75) is 32.8 Å². The lowest BCUT2D eigenvalue weighted by atomic mass is 9.74. The zero-order valence-corrected chi connectivity index (χ0v) is 15.7. The predicted molar refractivity (Wildman–Crippen MR) is 103 cm³/mol. The number of nitrogens with two attached hydrogens (primary N) is 1. The van der Waals surface area contributed by atoms with Crippen molar-refractivity contribution in [3.05, 3.63) is 46.6 Å². The Bertz CT molecular complexity index is 908. The molecule has 0 bridgehead atoms. The van der Waals surface area contributed by atoms with Crippen LogP contribution in [0.1, 0.15) is 37.6 Å². The number of nitrogens with zero attached hydrogens (tertiary/aromatic N) is 1. The average Bonchev–Trinajstić information content (AvgIpc) is 2.51. The summed E-state index contributed by atoms with van der Waals surface area (Å²) in [6.07, 6.45) is 2.12. The normalized spacial score (nSPS) is 17.9. The molecule has 1 atom stereocenters. The first-order valence-electron chi connectivity index (χ1n) is 8.19. The maximum atomic E-state index is 10.3. The van der Waals surface area contributed by atoms with E-state index in [0.29, 0.717) is 29.3 Å². The maximum Gasteiger partial charge on any atom is 0.328 e. The number of carbonyl (C=O) groups is 2. The molecule has 1 aromatic carbocycles. The van der Waals surface area contributed by atoms with Gasteiger partial charge in [-0.15, -0.1) is 0 Å². The zero-order valence-electron chi connectivity index (χ0n) is 14.9. The SMILES string of the molecule is CC1(C)Cc2nc3cc(Cl)ccc3c(N)c2C(O)C1.O=C(O)C=CC(=O)O. The number of pyridine rings is 1. The van der Waals surface area contributed by atoms with Crippen LogP contribution in [0.15, 0.2) is 30.4 Å². The highest BCUT2D eigenvalue weighted by Gasteiger charge is 2.34. The van der Waals surface area contributed by atoms with Crippen LogP contribution in [0.25, 0.3) is 10.9 Å². The van der Waals surface area contributed by atoms with Gasteiger partial charge >= 0.3 is 11.9 Å². The minimum atomic E-state index is -1.26. The van der Waals surface area contributed by atoms with Gasteiger partial charge in [-0.05, 0) is 36.5 Å². The number of aliphatic hydroxyl groups is 1. The Morgan fingerprint density at radius 1 is 1.26 bits per heavy atom. The number of nitrogen functional groups attached to an aromatic ring is 1. The molecular weight excluding hydrogens is 372 g/mol. The zero-order chi connectivity index (χ0) is 20.4. The first-order chi connectivity index (χ1) is 12.5. The van der Waals surface area contributed by atoms with Crippen molar-refractivity contribution in [2.75, 3.05) is 5.73 Å². The highest BCUT2D eigenvalue weighted by atomic mass is 35.5. The molecule has 27 heavy (non-hydrogen) atoms. The fraction of sp³-hybridized carbons (Fsp3) is 0.316. The van der Waals surface area contributed by atoms with Gasteiger partial charge in [0.2, 0.25) is 0 Å². The molecule has 1 aromatic heterocycles. The standard InChI is InChI=1S/C15H17ClN2O.C4H4O4/c1-15(2)6-11-13(12(19)7-15)14(17)9-4-3-8(16)5-10(9)18-11;5-3(6)1-2-4(7)8/h3-5,12,19H,6-7H2,1-2H3,(H2,17,18);1-2H,(H,5,6)(H,7,8). The second kappa shape index (κ2) is 7.94. The molecule has 0 amide bonds. The van der Waals surface area contributed by atoms with Crippen molar-refractivity contribution in [3.8, 4) is 0 Å². The van der Waals surface area contributed by atoms with Crippen LogP contribution in [0.2, 0.25) is 5.02 Å². The van der Waals surface area contributed by atoms with Crippen LogP contribution in [0.4, 0.5) is 5.69 Å². The lowest BCUT2D eigenvalue weighted by Crippen LogP contribution is -2.27. The summed E-state index contributed by atoms with van der Waals surface area (Å²) in [4.78, 5) is 23.8. The third-order valence-corrected chi connectivity index (χ3v) is 4.44. The molecule has 0 aliphatic heterocycles. The molecule has 0 radical (unpaired) electrons. The van der Waals surface area contributed by atoms with Crippen molar-refractivity contribution >= 4 is 40.1 Å². The molecule has 8 heteroatoms. The molecule has 0 saturated carbocycles. The van der Waals surface area contributed by atoms with E-state index in [4.69, 9.17) is 27.5 Å². The van der Waals surface area contributed by atoms with Crippen LogP contribution >= 0.6 is 11.6 Å². The van der Waals surface area contributed by atoms with Crippen LogP contribution < -0.4 is 5.73 Å². The van der Waals surface area contributed by atoms with Gasteiger partial charge in [0.1, 0.15) is 0 Å². The van der Waals surface area contributed by atoms with E-state index >= 15 is 0 Å². The first-order valence-corrected chi connectivity index (χ1v) is 8.57. The van der Waals surface area contributed by atoms with Gasteiger partial charge in [-0.1, -0.05) is 25.4 Å². The molecule has 0 saturated heterocycles. The Labute approximate surface area is 161 Å². The number of aliphatic carboxylic acids is 2. The van der Waals surface area contributed by atoms with Crippen LogP contribution in [-0.2, 0) is 16.0 Å². The van der Waals surface area contributed by atoms with Crippen LogP contribution in [0, 0.1) is 5.41 Å². The molecule has 2 aromatic rings. The monoisotopic (exact) mass is 392 g/mol. The van der Waals surface area contributed by atoms with E-state index < -0.39 is 18.0 Å². The van der Waals surface area contributed by atoms with Gasteiger partial charge in [-0.2, -0.15) is 0 Å².